The van der Waals surface area contributed by atoms with Crippen LogP contribution in [0.25, 0.3) is 0 Å². The Morgan fingerprint density at radius 3 is 0.839 bits per heavy atom. The van der Waals surface area contributed by atoms with Gasteiger partial charge < -0.3 is 14.7 Å². The van der Waals surface area contributed by atoms with Crippen molar-refractivity contribution < 1.29 is 14.4 Å². The summed E-state index contributed by atoms with van der Waals surface area (Å²) in [5, 5.41) is 0. The molecular formula is C25H51N3O3. The lowest BCUT2D eigenvalue weighted by Gasteiger charge is -2.26. The van der Waals surface area contributed by atoms with E-state index in [2.05, 4.69) is 0 Å². The molecule has 0 aromatic rings. The molecule has 0 radical (unpaired) electrons. The number of amides is 3. The third-order valence-corrected chi connectivity index (χ3v) is 5.78. The van der Waals surface area contributed by atoms with Crippen LogP contribution in [0.3, 0.4) is 0 Å². The predicted molar refractivity (Wildman–Crippen MR) is 131 cm³/mol. The highest BCUT2D eigenvalue weighted by Gasteiger charge is 2.15. The average molecular weight is 442 g/mol. The smallest absolute Gasteiger partial charge is 0.222 e. The monoisotopic (exact) mass is 441 g/mol. The third kappa shape index (κ3) is 12.8. The van der Waals surface area contributed by atoms with Gasteiger partial charge in [-0.2, -0.15) is 0 Å². The normalized spacial score (nSPS) is 17.7. The molecule has 6 nitrogen and oxygen atoms in total. The molecule has 0 spiro atoms. The molecule has 0 unspecified atom stereocenters. The molecule has 3 aliphatic heterocycles. The van der Waals surface area contributed by atoms with Crippen molar-refractivity contribution in [1.29, 1.82) is 0 Å². The van der Waals surface area contributed by atoms with Gasteiger partial charge in [0.25, 0.3) is 0 Å². The first-order valence-corrected chi connectivity index (χ1v) is 11.9. The molecule has 184 valence electrons. The van der Waals surface area contributed by atoms with E-state index in [0.717, 1.165) is 39.3 Å². The predicted octanol–water partition coefficient (Wildman–Crippen LogP) is 5.11. The summed E-state index contributed by atoms with van der Waals surface area (Å²) in [6.45, 7) is 11.7. The summed E-state index contributed by atoms with van der Waals surface area (Å²) in [6.07, 6.45) is 11.8. The van der Waals surface area contributed by atoms with Crippen molar-refractivity contribution in [1.82, 2.24) is 14.7 Å². The Bertz CT molecular complexity index is 448. The molecule has 3 rings (SSSR count). The Kier molecular flexibility index (Phi) is 19.5. The first kappa shape index (κ1) is 31.6. The van der Waals surface area contributed by atoms with Gasteiger partial charge in [-0.05, 0) is 51.4 Å². The minimum Gasteiger partial charge on any atom is -0.343 e. The molecule has 0 saturated carbocycles. The SMILES string of the molecule is C.C.CCC(=O)N1CCCC1.CCC(=O)N1CCCCC1.CCC(=O)N1CCCCC1. The minimum atomic E-state index is 0. The van der Waals surface area contributed by atoms with Crippen LogP contribution < -0.4 is 0 Å². The number of piperidine rings is 2. The summed E-state index contributed by atoms with van der Waals surface area (Å²) in [6, 6.07) is 0. The quantitative estimate of drug-likeness (QED) is 0.611. The molecule has 0 aliphatic carbocycles. The van der Waals surface area contributed by atoms with Crippen LogP contribution in [0.15, 0.2) is 0 Å². The maximum absolute atomic E-state index is 11.1. The Hall–Kier alpha value is -1.59. The number of carbonyl (C=O) groups excluding carboxylic acids is 3. The summed E-state index contributed by atoms with van der Waals surface area (Å²) in [5.74, 6) is 0.951. The summed E-state index contributed by atoms with van der Waals surface area (Å²) in [7, 11) is 0. The van der Waals surface area contributed by atoms with E-state index < -0.39 is 0 Å². The molecular weight excluding hydrogens is 390 g/mol. The lowest BCUT2D eigenvalue weighted by molar-refractivity contribution is -0.132. The van der Waals surface area contributed by atoms with Gasteiger partial charge in [-0.15, -0.1) is 0 Å². The summed E-state index contributed by atoms with van der Waals surface area (Å²) in [4.78, 5) is 39.0. The first-order valence-electron chi connectivity index (χ1n) is 11.9. The largest absolute Gasteiger partial charge is 0.343 e. The lowest BCUT2D eigenvalue weighted by Crippen LogP contribution is -2.34. The molecule has 0 aromatic heterocycles. The summed E-state index contributed by atoms with van der Waals surface area (Å²) < 4.78 is 0. The number of carbonyl (C=O) groups is 3. The van der Waals surface area contributed by atoms with Crippen LogP contribution in [0.2, 0.25) is 0 Å². The van der Waals surface area contributed by atoms with Crippen LogP contribution in [-0.2, 0) is 14.4 Å². The Morgan fingerprint density at radius 1 is 0.452 bits per heavy atom. The molecule has 3 aliphatic rings. The van der Waals surface area contributed by atoms with E-state index in [4.69, 9.17) is 0 Å². The van der Waals surface area contributed by atoms with E-state index >= 15 is 0 Å². The van der Waals surface area contributed by atoms with Gasteiger partial charge in [0.05, 0.1) is 0 Å². The molecule has 3 fully saturated rings. The maximum atomic E-state index is 11.1. The highest BCUT2D eigenvalue weighted by molar-refractivity contribution is 5.76. The van der Waals surface area contributed by atoms with Gasteiger partial charge in [0.15, 0.2) is 0 Å². The van der Waals surface area contributed by atoms with E-state index in [-0.39, 0.29) is 14.9 Å². The van der Waals surface area contributed by atoms with Crippen molar-refractivity contribution in [2.24, 2.45) is 0 Å². The molecule has 0 N–H and O–H groups in total. The van der Waals surface area contributed by atoms with E-state index in [1.54, 1.807) is 0 Å². The average Bonchev–Trinajstić information content (AvgIpc) is 3.34. The van der Waals surface area contributed by atoms with Gasteiger partial charge in [0.2, 0.25) is 17.7 Å². The minimum absolute atomic E-state index is 0. The zero-order chi connectivity index (χ0) is 21.5. The van der Waals surface area contributed by atoms with Gasteiger partial charge in [0.1, 0.15) is 0 Å². The van der Waals surface area contributed by atoms with Crippen molar-refractivity contribution in [2.45, 2.75) is 106 Å². The molecule has 3 amide bonds. The second kappa shape index (κ2) is 19.1. The van der Waals surface area contributed by atoms with E-state index in [9.17, 15) is 14.4 Å². The molecule has 6 heteroatoms. The van der Waals surface area contributed by atoms with E-state index in [0.29, 0.717) is 37.0 Å². The number of rotatable bonds is 3. The highest BCUT2D eigenvalue weighted by Crippen LogP contribution is 2.10. The molecule has 3 heterocycles. The molecule has 0 bridgehead atoms. The molecule has 0 atom stereocenters. The summed E-state index contributed by atoms with van der Waals surface area (Å²) >= 11 is 0. The molecule has 3 saturated heterocycles. The maximum Gasteiger partial charge on any atom is 0.222 e. The second-order valence-electron chi connectivity index (χ2n) is 8.03. The fourth-order valence-electron chi connectivity index (χ4n) is 3.92. The zero-order valence-corrected chi connectivity index (χ0v) is 19.1. The van der Waals surface area contributed by atoms with Gasteiger partial charge in [0, 0.05) is 58.5 Å². The lowest BCUT2D eigenvalue weighted by atomic mass is 10.1. The number of hydrogen-bond acceptors (Lipinski definition) is 3. The topological polar surface area (TPSA) is 60.9 Å². The summed E-state index contributed by atoms with van der Waals surface area (Å²) in [5.41, 5.74) is 0. The van der Waals surface area contributed by atoms with Crippen LogP contribution in [0.5, 0.6) is 0 Å². The fraction of sp³-hybridized carbons (Fsp3) is 0.880. The Balaban J connectivity index is 0. The van der Waals surface area contributed by atoms with Gasteiger partial charge in [-0.3, -0.25) is 14.4 Å². The van der Waals surface area contributed by atoms with Crippen LogP contribution >= 0.6 is 0 Å². The van der Waals surface area contributed by atoms with Gasteiger partial charge >= 0.3 is 0 Å². The van der Waals surface area contributed by atoms with Crippen LogP contribution in [0.1, 0.15) is 106 Å². The highest BCUT2D eigenvalue weighted by atomic mass is 16.2. The molecule has 0 aromatic carbocycles. The van der Waals surface area contributed by atoms with Crippen LogP contribution in [-0.4, -0.2) is 71.7 Å². The molecule has 31 heavy (non-hydrogen) atoms. The van der Waals surface area contributed by atoms with Crippen LogP contribution in [0, 0.1) is 0 Å². The standard InChI is InChI=1S/2C8H15NO.C7H13NO.2CH4/c2*1-2-8(10)9-6-4-3-5-7-9;1-2-7(9)8-5-3-4-6-8;;/h2*2-7H2,1H3;2-6H2,1H3;2*1H4. The van der Waals surface area contributed by atoms with E-state index in [1.807, 2.05) is 35.5 Å². The van der Waals surface area contributed by atoms with Crippen molar-refractivity contribution in [3.05, 3.63) is 0 Å². The number of likely N-dealkylation sites (tertiary alicyclic amines) is 3. The number of nitrogens with zero attached hydrogens (tertiary/aromatic N) is 3. The number of hydrogen-bond donors (Lipinski definition) is 0. The Labute approximate surface area is 192 Å². The van der Waals surface area contributed by atoms with Crippen molar-refractivity contribution in [2.75, 3.05) is 39.3 Å². The van der Waals surface area contributed by atoms with Gasteiger partial charge in [-0.25, -0.2) is 0 Å². The third-order valence-electron chi connectivity index (χ3n) is 5.78. The first-order chi connectivity index (χ1) is 14.0. The van der Waals surface area contributed by atoms with Crippen molar-refractivity contribution in [3.8, 4) is 0 Å². The van der Waals surface area contributed by atoms with Crippen molar-refractivity contribution >= 4 is 17.7 Å². The van der Waals surface area contributed by atoms with Crippen molar-refractivity contribution in [3.63, 3.8) is 0 Å². The second-order valence-corrected chi connectivity index (χ2v) is 8.03. The van der Waals surface area contributed by atoms with Crippen LogP contribution in [0.4, 0.5) is 0 Å². The fourth-order valence-corrected chi connectivity index (χ4v) is 3.92. The Morgan fingerprint density at radius 2 is 0.645 bits per heavy atom. The van der Waals surface area contributed by atoms with E-state index in [1.165, 1.54) is 51.4 Å². The zero-order valence-electron chi connectivity index (χ0n) is 19.1. The van der Waals surface area contributed by atoms with Gasteiger partial charge in [-0.1, -0.05) is 35.6 Å².